The maximum atomic E-state index is 10.5. The van der Waals surface area contributed by atoms with Crippen LogP contribution < -0.4 is 10.6 Å². The molecule has 0 bridgehead atoms. The fourth-order valence-corrected chi connectivity index (χ4v) is 1.37. The highest BCUT2D eigenvalue weighted by atomic mass is 16.6. The molecule has 2 N–H and O–H groups in total. The summed E-state index contributed by atoms with van der Waals surface area (Å²) in [6.45, 7) is 1.05. The highest BCUT2D eigenvalue weighted by Crippen LogP contribution is 2.23. The summed E-state index contributed by atoms with van der Waals surface area (Å²) in [6, 6.07) is 6.15. The van der Waals surface area contributed by atoms with E-state index in [1.54, 1.807) is 18.0 Å². The van der Waals surface area contributed by atoms with Crippen LogP contribution in [0.5, 0.6) is 0 Å². The van der Waals surface area contributed by atoms with Crippen LogP contribution in [0.1, 0.15) is 5.56 Å². The van der Waals surface area contributed by atoms with Crippen LogP contribution in [-0.4, -0.2) is 25.1 Å². The number of hydrogen-bond acceptors (Lipinski definition) is 5. The summed E-state index contributed by atoms with van der Waals surface area (Å²) in [4.78, 5) is 11.8. The Morgan fingerprint density at radius 2 is 2.31 bits per heavy atom. The number of nitro benzene ring substituents is 1. The number of nitriles is 1. The van der Waals surface area contributed by atoms with Gasteiger partial charge in [-0.15, -0.1) is 0 Å². The zero-order valence-corrected chi connectivity index (χ0v) is 8.88. The van der Waals surface area contributed by atoms with E-state index in [0.29, 0.717) is 18.8 Å². The smallest absolute Gasteiger partial charge is 0.270 e. The molecular weight excluding hydrogens is 208 g/mol. The SMILES string of the molecule is CN(CCN)c1ccc([N+](=O)[O-])cc1C#N. The largest absolute Gasteiger partial charge is 0.372 e. The first-order valence-electron chi connectivity index (χ1n) is 4.70. The Labute approximate surface area is 93.0 Å². The van der Waals surface area contributed by atoms with Crippen molar-refractivity contribution in [2.45, 2.75) is 0 Å². The van der Waals surface area contributed by atoms with E-state index in [9.17, 15) is 10.1 Å². The van der Waals surface area contributed by atoms with E-state index in [-0.39, 0.29) is 11.3 Å². The van der Waals surface area contributed by atoms with Crippen molar-refractivity contribution < 1.29 is 4.92 Å². The number of non-ortho nitro benzene ring substituents is 1. The molecule has 1 aromatic carbocycles. The first-order valence-corrected chi connectivity index (χ1v) is 4.70. The molecule has 0 spiro atoms. The molecule has 0 heterocycles. The third-order valence-electron chi connectivity index (χ3n) is 2.19. The van der Waals surface area contributed by atoms with Gasteiger partial charge in [0.2, 0.25) is 0 Å². The Bertz CT molecular complexity index is 439. The minimum atomic E-state index is -0.520. The second-order valence-corrected chi connectivity index (χ2v) is 3.28. The number of rotatable bonds is 4. The maximum absolute atomic E-state index is 10.5. The van der Waals surface area contributed by atoms with E-state index >= 15 is 0 Å². The fourth-order valence-electron chi connectivity index (χ4n) is 1.37. The maximum Gasteiger partial charge on any atom is 0.270 e. The monoisotopic (exact) mass is 220 g/mol. The quantitative estimate of drug-likeness (QED) is 0.599. The fraction of sp³-hybridized carbons (Fsp3) is 0.300. The predicted octanol–water partition coefficient (Wildman–Crippen LogP) is 0.861. The summed E-state index contributed by atoms with van der Waals surface area (Å²) < 4.78 is 0. The molecule has 0 saturated heterocycles. The Morgan fingerprint density at radius 3 is 2.81 bits per heavy atom. The van der Waals surface area contributed by atoms with Gasteiger partial charge in [-0.2, -0.15) is 5.26 Å². The number of nitrogens with two attached hydrogens (primary N) is 1. The van der Waals surface area contributed by atoms with Crippen LogP contribution in [0.15, 0.2) is 18.2 Å². The summed E-state index contributed by atoms with van der Waals surface area (Å²) in [5, 5.41) is 19.4. The Kier molecular flexibility index (Phi) is 3.80. The molecule has 0 radical (unpaired) electrons. The zero-order chi connectivity index (χ0) is 12.1. The van der Waals surface area contributed by atoms with Gasteiger partial charge in [0, 0.05) is 32.3 Å². The van der Waals surface area contributed by atoms with Crippen molar-refractivity contribution in [3.8, 4) is 6.07 Å². The van der Waals surface area contributed by atoms with Gasteiger partial charge in [-0.25, -0.2) is 0 Å². The number of anilines is 1. The lowest BCUT2D eigenvalue weighted by atomic mass is 10.1. The molecule has 6 heteroatoms. The van der Waals surface area contributed by atoms with Gasteiger partial charge in [-0.05, 0) is 6.07 Å². The van der Waals surface area contributed by atoms with Gasteiger partial charge in [0.1, 0.15) is 6.07 Å². The molecule has 16 heavy (non-hydrogen) atoms. The van der Waals surface area contributed by atoms with Gasteiger partial charge < -0.3 is 10.6 Å². The van der Waals surface area contributed by atoms with Crippen molar-refractivity contribution >= 4 is 11.4 Å². The Hall–Kier alpha value is -2.13. The van der Waals surface area contributed by atoms with E-state index in [2.05, 4.69) is 0 Å². The van der Waals surface area contributed by atoms with Crippen molar-refractivity contribution in [3.05, 3.63) is 33.9 Å². The van der Waals surface area contributed by atoms with E-state index in [1.165, 1.54) is 12.1 Å². The third kappa shape index (κ3) is 2.46. The predicted molar refractivity (Wildman–Crippen MR) is 60.1 cm³/mol. The van der Waals surface area contributed by atoms with E-state index < -0.39 is 4.92 Å². The summed E-state index contributed by atoms with van der Waals surface area (Å²) in [5.41, 5.74) is 6.26. The van der Waals surface area contributed by atoms with Crippen LogP contribution in [-0.2, 0) is 0 Å². The van der Waals surface area contributed by atoms with Gasteiger partial charge in [-0.3, -0.25) is 10.1 Å². The summed E-state index contributed by atoms with van der Waals surface area (Å²) in [7, 11) is 1.79. The van der Waals surface area contributed by atoms with Crippen molar-refractivity contribution in [1.82, 2.24) is 0 Å². The highest BCUT2D eigenvalue weighted by Gasteiger charge is 2.12. The molecule has 6 nitrogen and oxygen atoms in total. The average Bonchev–Trinajstić information content (AvgIpc) is 2.28. The number of likely N-dealkylation sites (N-methyl/N-ethyl adjacent to an activating group) is 1. The summed E-state index contributed by atoms with van der Waals surface area (Å²) >= 11 is 0. The first kappa shape index (κ1) is 11.9. The van der Waals surface area contributed by atoms with Gasteiger partial charge in [0.15, 0.2) is 0 Å². The lowest BCUT2D eigenvalue weighted by Gasteiger charge is -2.19. The zero-order valence-electron chi connectivity index (χ0n) is 8.88. The molecule has 0 aromatic heterocycles. The summed E-state index contributed by atoms with van der Waals surface area (Å²) in [5.74, 6) is 0. The standard InChI is InChI=1S/C10H12N4O2/c1-13(5-4-11)10-3-2-9(14(15)16)6-8(10)7-12/h2-3,6H,4-5,11H2,1H3. The van der Waals surface area contributed by atoms with Crippen LogP contribution >= 0.6 is 0 Å². The van der Waals surface area contributed by atoms with Crippen molar-refractivity contribution in [1.29, 1.82) is 5.26 Å². The van der Waals surface area contributed by atoms with E-state index in [4.69, 9.17) is 11.0 Å². The number of nitrogens with zero attached hydrogens (tertiary/aromatic N) is 3. The summed E-state index contributed by atoms with van der Waals surface area (Å²) in [6.07, 6.45) is 0. The van der Waals surface area contributed by atoms with Gasteiger partial charge in [0.25, 0.3) is 5.69 Å². The molecular formula is C10H12N4O2. The lowest BCUT2D eigenvalue weighted by Crippen LogP contribution is -2.25. The van der Waals surface area contributed by atoms with E-state index in [1.807, 2.05) is 6.07 Å². The molecule has 84 valence electrons. The van der Waals surface area contributed by atoms with Crippen molar-refractivity contribution in [2.24, 2.45) is 5.73 Å². The second-order valence-electron chi connectivity index (χ2n) is 3.28. The van der Waals surface area contributed by atoms with Crippen LogP contribution in [0.3, 0.4) is 0 Å². The lowest BCUT2D eigenvalue weighted by molar-refractivity contribution is -0.384. The normalized spacial score (nSPS) is 9.56. The minimum Gasteiger partial charge on any atom is -0.372 e. The Balaban J connectivity index is 3.12. The first-order chi connectivity index (χ1) is 7.60. The topological polar surface area (TPSA) is 96.2 Å². The molecule has 0 unspecified atom stereocenters. The highest BCUT2D eigenvalue weighted by molar-refractivity contribution is 5.62. The second kappa shape index (κ2) is 5.09. The molecule has 0 amide bonds. The number of nitro groups is 1. The third-order valence-corrected chi connectivity index (χ3v) is 2.19. The van der Waals surface area contributed by atoms with Crippen molar-refractivity contribution in [3.63, 3.8) is 0 Å². The van der Waals surface area contributed by atoms with Crippen LogP contribution in [0, 0.1) is 21.4 Å². The Morgan fingerprint density at radius 1 is 1.62 bits per heavy atom. The molecule has 0 atom stereocenters. The van der Waals surface area contributed by atoms with Crippen LogP contribution in [0.2, 0.25) is 0 Å². The van der Waals surface area contributed by atoms with Crippen LogP contribution in [0.4, 0.5) is 11.4 Å². The molecule has 1 rings (SSSR count). The van der Waals surface area contributed by atoms with Gasteiger partial charge >= 0.3 is 0 Å². The van der Waals surface area contributed by atoms with Gasteiger partial charge in [0.05, 0.1) is 16.2 Å². The molecule has 0 aliphatic carbocycles. The number of hydrogen-bond donors (Lipinski definition) is 1. The average molecular weight is 220 g/mol. The molecule has 0 saturated carbocycles. The minimum absolute atomic E-state index is 0.0820. The molecule has 0 fully saturated rings. The molecule has 0 aliphatic rings. The van der Waals surface area contributed by atoms with Gasteiger partial charge in [-0.1, -0.05) is 0 Å². The molecule has 1 aromatic rings. The molecule has 0 aliphatic heterocycles. The van der Waals surface area contributed by atoms with Crippen molar-refractivity contribution in [2.75, 3.05) is 25.0 Å². The number of benzene rings is 1. The van der Waals surface area contributed by atoms with E-state index in [0.717, 1.165) is 0 Å². The van der Waals surface area contributed by atoms with Crippen LogP contribution in [0.25, 0.3) is 0 Å².